The summed E-state index contributed by atoms with van der Waals surface area (Å²) in [7, 11) is 0. The van der Waals surface area contributed by atoms with Crippen LogP contribution in [0.2, 0.25) is 5.28 Å². The van der Waals surface area contributed by atoms with Gasteiger partial charge in [0.2, 0.25) is 17.0 Å². The minimum Gasteiger partial charge on any atom is -0.420 e. The van der Waals surface area contributed by atoms with Gasteiger partial charge < -0.3 is 4.74 Å². The van der Waals surface area contributed by atoms with E-state index in [-0.39, 0.29) is 22.6 Å². The molecule has 1 N–H and O–H groups in total. The number of rotatable bonds is 1. The Kier molecular flexibility index (Phi) is 2.90. The molecule has 1 unspecified atom stereocenters. The smallest absolute Gasteiger partial charge is 0.259 e. The van der Waals surface area contributed by atoms with Crippen molar-refractivity contribution < 1.29 is 4.74 Å². The lowest BCUT2D eigenvalue weighted by Crippen LogP contribution is -2.24. The van der Waals surface area contributed by atoms with Gasteiger partial charge in [0.15, 0.2) is 0 Å². The summed E-state index contributed by atoms with van der Waals surface area (Å²) in [4.78, 5) is 27.1. The molecule has 0 fully saturated rings. The molecule has 1 aliphatic rings. The van der Waals surface area contributed by atoms with Crippen molar-refractivity contribution >= 4 is 11.6 Å². The monoisotopic (exact) mass is 312 g/mol. The van der Waals surface area contributed by atoms with Crippen LogP contribution in [0.1, 0.15) is 22.6 Å². The van der Waals surface area contributed by atoms with Gasteiger partial charge in [0.05, 0.1) is 11.5 Å². The first-order valence-corrected chi connectivity index (χ1v) is 6.94. The molecule has 0 radical (unpaired) electrons. The van der Waals surface area contributed by atoms with Crippen LogP contribution in [0.15, 0.2) is 47.7 Å². The van der Waals surface area contributed by atoms with Gasteiger partial charge in [-0.2, -0.15) is 4.98 Å². The minimum absolute atomic E-state index is 0.0203. The molecule has 2 aromatic heterocycles. The van der Waals surface area contributed by atoms with E-state index in [2.05, 4.69) is 19.9 Å². The fraction of sp³-hybridized carbons (Fsp3) is 0.0667. The second-order valence-electron chi connectivity index (χ2n) is 4.80. The van der Waals surface area contributed by atoms with Gasteiger partial charge in [-0.25, -0.2) is 9.97 Å². The summed E-state index contributed by atoms with van der Waals surface area (Å²) in [6.45, 7) is 0. The summed E-state index contributed by atoms with van der Waals surface area (Å²) in [6, 6.07) is 9.60. The lowest BCUT2D eigenvalue weighted by Gasteiger charge is -2.25. The molecular formula is C15H9ClN4O2. The predicted molar refractivity (Wildman–Crippen MR) is 79.4 cm³/mol. The Morgan fingerprint density at radius 1 is 1.18 bits per heavy atom. The molecule has 0 bridgehead atoms. The topological polar surface area (TPSA) is 80.8 Å². The standard InChI is InChI=1S/C15H9ClN4O2/c16-15-19-12(21)11-10(8-4-2-1-3-5-8)9-6-17-7-18-13(9)22-14(11)20-15/h1-7,10H,(H,19,20,21). The molecule has 22 heavy (non-hydrogen) atoms. The van der Waals surface area contributed by atoms with Gasteiger partial charge in [0, 0.05) is 11.8 Å². The number of hydrogen-bond acceptors (Lipinski definition) is 5. The zero-order chi connectivity index (χ0) is 15.1. The summed E-state index contributed by atoms with van der Waals surface area (Å²) in [5.74, 6) is 0.203. The first-order valence-electron chi connectivity index (χ1n) is 6.56. The van der Waals surface area contributed by atoms with Crippen LogP contribution in [0.4, 0.5) is 0 Å². The first-order chi connectivity index (χ1) is 10.7. The Morgan fingerprint density at radius 2 is 2.00 bits per heavy atom. The highest BCUT2D eigenvalue weighted by Crippen LogP contribution is 2.43. The average molecular weight is 313 g/mol. The zero-order valence-electron chi connectivity index (χ0n) is 11.2. The zero-order valence-corrected chi connectivity index (χ0v) is 11.9. The second-order valence-corrected chi connectivity index (χ2v) is 5.16. The third kappa shape index (κ3) is 1.96. The number of hydrogen-bond donors (Lipinski definition) is 1. The number of nitrogens with one attached hydrogen (secondary N) is 1. The van der Waals surface area contributed by atoms with E-state index in [4.69, 9.17) is 16.3 Å². The average Bonchev–Trinajstić information content (AvgIpc) is 2.53. The Bertz CT molecular complexity index is 911. The minimum atomic E-state index is -0.352. The summed E-state index contributed by atoms with van der Waals surface area (Å²) in [5.41, 5.74) is 1.71. The van der Waals surface area contributed by atoms with E-state index in [1.807, 2.05) is 30.3 Å². The van der Waals surface area contributed by atoms with E-state index in [9.17, 15) is 4.79 Å². The van der Waals surface area contributed by atoms with E-state index < -0.39 is 0 Å². The quantitative estimate of drug-likeness (QED) is 0.546. The molecule has 1 aromatic carbocycles. The van der Waals surface area contributed by atoms with Crippen molar-refractivity contribution in [3.63, 3.8) is 0 Å². The first kappa shape index (κ1) is 13.0. The molecular weight excluding hydrogens is 304 g/mol. The van der Waals surface area contributed by atoms with Crippen LogP contribution in [0, 0.1) is 0 Å². The molecule has 108 valence electrons. The Morgan fingerprint density at radius 3 is 2.82 bits per heavy atom. The van der Waals surface area contributed by atoms with Crippen LogP contribution in [0.3, 0.4) is 0 Å². The van der Waals surface area contributed by atoms with Crippen LogP contribution in [-0.4, -0.2) is 19.9 Å². The van der Waals surface area contributed by atoms with Crippen molar-refractivity contribution in [2.75, 3.05) is 0 Å². The van der Waals surface area contributed by atoms with E-state index in [1.54, 1.807) is 6.20 Å². The van der Waals surface area contributed by atoms with Gasteiger partial charge in [0.1, 0.15) is 6.33 Å². The van der Waals surface area contributed by atoms with Crippen LogP contribution in [0.5, 0.6) is 11.8 Å². The third-order valence-electron chi connectivity index (χ3n) is 3.52. The molecule has 4 rings (SSSR count). The Labute approximate surface area is 129 Å². The SMILES string of the molecule is O=c1[nH]c(Cl)nc2c1C(c1ccccc1)c1cncnc1O2. The summed E-state index contributed by atoms with van der Waals surface area (Å²) >= 11 is 5.82. The number of H-pyrrole nitrogens is 1. The molecule has 7 heteroatoms. The predicted octanol–water partition coefficient (Wildman–Crippen LogP) is 2.50. The number of fused-ring (bicyclic) bond motifs is 2. The van der Waals surface area contributed by atoms with Crippen molar-refractivity contribution in [1.29, 1.82) is 0 Å². The molecule has 0 saturated heterocycles. The number of halogens is 1. The molecule has 0 amide bonds. The molecule has 0 spiro atoms. The van der Waals surface area contributed by atoms with Gasteiger partial charge in [-0.1, -0.05) is 30.3 Å². The van der Waals surface area contributed by atoms with E-state index in [0.717, 1.165) is 11.1 Å². The van der Waals surface area contributed by atoms with Gasteiger partial charge in [0.25, 0.3) is 5.56 Å². The molecule has 1 atom stereocenters. The van der Waals surface area contributed by atoms with Crippen LogP contribution in [-0.2, 0) is 0 Å². The van der Waals surface area contributed by atoms with Crippen molar-refractivity contribution in [1.82, 2.24) is 19.9 Å². The fourth-order valence-electron chi connectivity index (χ4n) is 2.62. The number of nitrogens with zero attached hydrogens (tertiary/aromatic N) is 3. The van der Waals surface area contributed by atoms with Crippen LogP contribution in [0.25, 0.3) is 0 Å². The molecule has 0 aliphatic carbocycles. The molecule has 1 aliphatic heterocycles. The number of benzene rings is 1. The fourth-order valence-corrected chi connectivity index (χ4v) is 2.78. The number of aromatic nitrogens is 4. The summed E-state index contributed by atoms with van der Waals surface area (Å²) in [6.07, 6.45) is 3.04. The summed E-state index contributed by atoms with van der Waals surface area (Å²) in [5, 5.41) is -0.0203. The lowest BCUT2D eigenvalue weighted by atomic mass is 9.86. The largest absolute Gasteiger partial charge is 0.420 e. The normalized spacial score (nSPS) is 15.6. The van der Waals surface area contributed by atoms with E-state index >= 15 is 0 Å². The van der Waals surface area contributed by atoms with Crippen molar-refractivity contribution in [2.45, 2.75) is 5.92 Å². The maximum absolute atomic E-state index is 12.4. The summed E-state index contributed by atoms with van der Waals surface area (Å²) < 4.78 is 5.62. The highest BCUT2D eigenvalue weighted by Gasteiger charge is 2.33. The number of aromatic amines is 1. The van der Waals surface area contributed by atoms with Crippen molar-refractivity contribution in [2.24, 2.45) is 0 Å². The van der Waals surface area contributed by atoms with Crippen molar-refractivity contribution in [3.05, 3.63) is 75.2 Å². The molecule has 0 saturated carbocycles. The van der Waals surface area contributed by atoms with Gasteiger partial charge >= 0.3 is 0 Å². The third-order valence-corrected chi connectivity index (χ3v) is 3.70. The lowest BCUT2D eigenvalue weighted by molar-refractivity contribution is 0.411. The van der Waals surface area contributed by atoms with Gasteiger partial charge in [-0.05, 0) is 17.2 Å². The van der Waals surface area contributed by atoms with E-state index in [1.165, 1.54) is 6.33 Å². The number of ether oxygens (including phenoxy) is 1. The maximum atomic E-state index is 12.4. The van der Waals surface area contributed by atoms with Crippen molar-refractivity contribution in [3.8, 4) is 11.8 Å². The maximum Gasteiger partial charge on any atom is 0.259 e. The second kappa shape index (κ2) is 4.92. The van der Waals surface area contributed by atoms with Crippen LogP contribution >= 0.6 is 11.6 Å². The molecule has 3 aromatic rings. The van der Waals surface area contributed by atoms with E-state index in [0.29, 0.717) is 11.4 Å². The molecule has 3 heterocycles. The highest BCUT2D eigenvalue weighted by atomic mass is 35.5. The van der Waals surface area contributed by atoms with Gasteiger partial charge in [-0.3, -0.25) is 9.78 Å². The van der Waals surface area contributed by atoms with Gasteiger partial charge in [-0.15, -0.1) is 0 Å². The Balaban J connectivity index is 2.04. The highest BCUT2D eigenvalue weighted by molar-refractivity contribution is 6.28. The van der Waals surface area contributed by atoms with Crippen LogP contribution < -0.4 is 10.3 Å². The Hall–Kier alpha value is -2.73. The molecule has 6 nitrogen and oxygen atoms in total.